The fourth-order valence-corrected chi connectivity index (χ4v) is 4.95. The third kappa shape index (κ3) is 6.03. The molecule has 0 unspecified atom stereocenters. The first-order valence-electron chi connectivity index (χ1n) is 11.5. The Morgan fingerprint density at radius 3 is 2.43 bits per heavy atom. The van der Waals surface area contributed by atoms with Gasteiger partial charge in [0.2, 0.25) is 0 Å². The zero-order valence-corrected chi connectivity index (χ0v) is 21.0. The van der Waals surface area contributed by atoms with Crippen LogP contribution < -0.4 is 16.6 Å². The Morgan fingerprint density at radius 1 is 1.08 bits per heavy atom. The van der Waals surface area contributed by atoms with Crippen molar-refractivity contribution in [1.29, 1.82) is 0 Å². The van der Waals surface area contributed by atoms with Crippen LogP contribution in [0.4, 0.5) is 20.2 Å². The van der Waals surface area contributed by atoms with Crippen molar-refractivity contribution >= 4 is 39.1 Å². The van der Waals surface area contributed by atoms with E-state index in [2.05, 4.69) is 26.2 Å². The lowest BCUT2D eigenvalue weighted by Gasteiger charge is -2.35. The molecule has 0 bridgehead atoms. The smallest absolute Gasteiger partial charge is 0.326 e. The van der Waals surface area contributed by atoms with Crippen LogP contribution in [-0.4, -0.2) is 74.6 Å². The number of alkyl halides is 2. The quantitative estimate of drug-likeness (QED) is 0.359. The van der Waals surface area contributed by atoms with Gasteiger partial charge in [0.05, 0.1) is 10.5 Å². The minimum absolute atomic E-state index is 0.0475. The van der Waals surface area contributed by atoms with Crippen LogP contribution in [-0.2, 0) is 0 Å². The number of piperidine rings is 2. The molecule has 2 amide bonds. The first kappa shape index (κ1) is 26.4. The second kappa shape index (κ2) is 10.4. The monoisotopic (exact) mass is 584 g/mol. The lowest BCUT2D eigenvalue weighted by atomic mass is 10.0. The molecule has 37 heavy (non-hydrogen) atoms. The summed E-state index contributed by atoms with van der Waals surface area (Å²) < 4.78 is 27.5. The van der Waals surface area contributed by atoms with E-state index in [0.29, 0.717) is 19.4 Å². The van der Waals surface area contributed by atoms with E-state index in [0.717, 1.165) is 6.07 Å². The molecule has 2 aliphatic heterocycles. The van der Waals surface area contributed by atoms with Crippen molar-refractivity contribution in [3.63, 3.8) is 0 Å². The SMILES string of the molecule is O=C(c1cc(=O)[nH]c(=O)[nH]1)N1CCC[C@@H](Nc2c(C(=O)N3CCC(F)(F)CC3)cc(Br)cc2[N+](=O)[O-])C1. The largest absolute Gasteiger partial charge is 0.374 e. The summed E-state index contributed by atoms with van der Waals surface area (Å²) in [4.78, 5) is 67.5. The van der Waals surface area contributed by atoms with Crippen LogP contribution in [0.25, 0.3) is 0 Å². The molecule has 0 saturated carbocycles. The van der Waals surface area contributed by atoms with E-state index in [1.54, 1.807) is 0 Å². The van der Waals surface area contributed by atoms with Gasteiger partial charge in [-0.2, -0.15) is 0 Å². The maximum Gasteiger partial charge on any atom is 0.326 e. The molecule has 2 aromatic rings. The minimum Gasteiger partial charge on any atom is -0.374 e. The number of likely N-dealkylation sites (tertiary alicyclic amines) is 2. The van der Waals surface area contributed by atoms with E-state index < -0.39 is 52.8 Å². The van der Waals surface area contributed by atoms with Gasteiger partial charge in [0.15, 0.2) is 0 Å². The highest BCUT2D eigenvalue weighted by molar-refractivity contribution is 9.10. The number of amides is 2. The van der Waals surface area contributed by atoms with Crippen LogP contribution in [0.5, 0.6) is 0 Å². The maximum atomic E-state index is 13.6. The first-order chi connectivity index (χ1) is 17.4. The van der Waals surface area contributed by atoms with Gasteiger partial charge in [0.25, 0.3) is 29.0 Å². The second-order valence-corrected chi connectivity index (χ2v) is 9.90. The Labute approximate surface area is 216 Å². The van der Waals surface area contributed by atoms with E-state index >= 15 is 0 Å². The number of hydrogen-bond acceptors (Lipinski definition) is 7. The maximum absolute atomic E-state index is 13.6. The van der Waals surface area contributed by atoms with Crippen molar-refractivity contribution < 1.29 is 23.3 Å². The highest BCUT2D eigenvalue weighted by Gasteiger charge is 2.37. The number of nitrogens with zero attached hydrogens (tertiary/aromatic N) is 3. The third-order valence-electron chi connectivity index (χ3n) is 6.34. The molecule has 0 aliphatic carbocycles. The van der Waals surface area contributed by atoms with E-state index in [1.165, 1.54) is 21.9 Å². The Bertz CT molecular complexity index is 1320. The fraction of sp³-hybridized carbons (Fsp3) is 0.455. The van der Waals surface area contributed by atoms with Gasteiger partial charge in [-0.1, -0.05) is 15.9 Å². The topological polar surface area (TPSA) is 162 Å². The van der Waals surface area contributed by atoms with Gasteiger partial charge < -0.3 is 20.1 Å². The lowest BCUT2D eigenvalue weighted by molar-refractivity contribution is -0.384. The summed E-state index contributed by atoms with van der Waals surface area (Å²) in [6.45, 7) is 0.0178. The molecular formula is C22H23BrF2N6O6. The van der Waals surface area contributed by atoms with Crippen molar-refractivity contribution in [3.8, 4) is 0 Å². The first-order valence-corrected chi connectivity index (χ1v) is 12.3. The molecule has 3 heterocycles. The Hall–Kier alpha value is -3.62. The zero-order chi connectivity index (χ0) is 26.9. The summed E-state index contributed by atoms with van der Waals surface area (Å²) in [7, 11) is 0. The van der Waals surface area contributed by atoms with Crippen LogP contribution in [0.3, 0.4) is 0 Å². The molecule has 4 rings (SSSR count). The van der Waals surface area contributed by atoms with E-state index in [1.807, 2.05) is 4.98 Å². The lowest BCUT2D eigenvalue weighted by Crippen LogP contribution is -2.46. The predicted molar refractivity (Wildman–Crippen MR) is 131 cm³/mol. The van der Waals surface area contributed by atoms with E-state index in [9.17, 15) is 38.1 Å². The normalized spacial score (nSPS) is 19.4. The molecule has 198 valence electrons. The number of nitro groups is 1. The summed E-state index contributed by atoms with van der Waals surface area (Å²) in [6, 6.07) is 3.09. The van der Waals surface area contributed by atoms with Crippen molar-refractivity contribution in [3.05, 3.63) is 64.9 Å². The molecule has 2 aliphatic rings. The molecule has 3 N–H and O–H groups in total. The molecular weight excluding hydrogens is 562 g/mol. The minimum atomic E-state index is -2.87. The molecule has 12 nitrogen and oxygen atoms in total. The van der Waals surface area contributed by atoms with Gasteiger partial charge in [-0.05, 0) is 18.9 Å². The Balaban J connectivity index is 1.60. The van der Waals surface area contributed by atoms with E-state index in [4.69, 9.17) is 0 Å². The number of carbonyl (C=O) groups is 2. The number of anilines is 1. The van der Waals surface area contributed by atoms with Crippen molar-refractivity contribution in [2.24, 2.45) is 0 Å². The molecule has 15 heteroatoms. The van der Waals surface area contributed by atoms with Crippen LogP contribution in [0.1, 0.15) is 46.5 Å². The number of nitro benzene ring substituents is 1. The molecule has 0 radical (unpaired) electrons. The third-order valence-corrected chi connectivity index (χ3v) is 6.80. The van der Waals surface area contributed by atoms with Crippen molar-refractivity contribution in [2.75, 3.05) is 31.5 Å². The number of aromatic nitrogens is 2. The van der Waals surface area contributed by atoms with Gasteiger partial charge >= 0.3 is 5.69 Å². The number of benzene rings is 1. The van der Waals surface area contributed by atoms with Gasteiger partial charge in [-0.25, -0.2) is 13.6 Å². The highest BCUT2D eigenvalue weighted by atomic mass is 79.9. The van der Waals surface area contributed by atoms with Crippen molar-refractivity contribution in [1.82, 2.24) is 19.8 Å². The number of nitrogens with one attached hydrogen (secondary N) is 3. The number of carbonyl (C=O) groups excluding carboxylic acids is 2. The summed E-state index contributed by atoms with van der Waals surface area (Å²) in [5, 5.41) is 14.9. The molecule has 1 atom stereocenters. The molecule has 0 spiro atoms. The van der Waals surface area contributed by atoms with Gasteiger partial charge in [-0.3, -0.25) is 29.5 Å². The van der Waals surface area contributed by atoms with Gasteiger partial charge in [0, 0.05) is 61.7 Å². The average molecular weight is 585 g/mol. The summed E-state index contributed by atoms with van der Waals surface area (Å²) in [6.07, 6.45) is 0.0154. The summed E-state index contributed by atoms with van der Waals surface area (Å²) in [5.74, 6) is -4.08. The van der Waals surface area contributed by atoms with Crippen LogP contribution >= 0.6 is 15.9 Å². The van der Waals surface area contributed by atoms with Crippen LogP contribution in [0.15, 0.2) is 32.3 Å². The van der Waals surface area contributed by atoms with E-state index in [-0.39, 0.29) is 46.7 Å². The summed E-state index contributed by atoms with van der Waals surface area (Å²) >= 11 is 3.18. The number of hydrogen-bond donors (Lipinski definition) is 3. The Kier molecular flexibility index (Phi) is 7.43. The second-order valence-electron chi connectivity index (χ2n) is 8.99. The standard InChI is InChI=1S/C22H23BrF2N6O6/c23-12-8-14(19(33)29-6-3-22(24,25)4-7-29)18(16(9-12)31(36)37)26-13-2-1-5-30(11-13)20(34)15-10-17(32)28-21(35)27-15/h8-10,13,26H,1-7,11H2,(H2,27,28,32,35)/t13-/m1/s1. The molecule has 2 saturated heterocycles. The summed E-state index contributed by atoms with van der Waals surface area (Å²) in [5.41, 5.74) is -2.26. The highest BCUT2D eigenvalue weighted by Crippen LogP contribution is 2.36. The Morgan fingerprint density at radius 2 is 1.78 bits per heavy atom. The molecule has 1 aromatic heterocycles. The van der Waals surface area contributed by atoms with Gasteiger partial charge in [-0.15, -0.1) is 0 Å². The molecule has 1 aromatic carbocycles. The number of rotatable bonds is 5. The molecule has 2 fully saturated rings. The zero-order valence-electron chi connectivity index (χ0n) is 19.4. The predicted octanol–water partition coefficient (Wildman–Crippen LogP) is 2.32. The van der Waals surface area contributed by atoms with Crippen LogP contribution in [0.2, 0.25) is 0 Å². The van der Waals surface area contributed by atoms with Gasteiger partial charge in [0.1, 0.15) is 11.4 Å². The number of H-pyrrole nitrogens is 2. The van der Waals surface area contributed by atoms with Crippen molar-refractivity contribution in [2.45, 2.75) is 37.6 Å². The average Bonchev–Trinajstić information content (AvgIpc) is 2.83. The number of aromatic amines is 2. The van der Waals surface area contributed by atoms with Crippen LogP contribution in [0, 0.1) is 10.1 Å². The fourth-order valence-electron chi connectivity index (χ4n) is 4.50. The number of halogens is 3.